The minimum Gasteiger partial charge on any atom is -0.354 e. The lowest BCUT2D eigenvalue weighted by Crippen LogP contribution is -2.15. The fraction of sp³-hybridized carbons (Fsp3) is 0.417. The van der Waals surface area contributed by atoms with Crippen LogP contribution in [0.5, 0.6) is 0 Å². The number of aryl methyl sites for hydroxylation is 2. The average molecular weight is 285 g/mol. The third kappa shape index (κ3) is 2.89. The van der Waals surface area contributed by atoms with E-state index in [4.69, 9.17) is 0 Å². The summed E-state index contributed by atoms with van der Waals surface area (Å²) in [7, 11) is 0. The molecule has 0 aliphatic rings. The van der Waals surface area contributed by atoms with Gasteiger partial charge in [-0.05, 0) is 26.8 Å². The molecule has 5 nitrogen and oxygen atoms in total. The number of hydrogen-bond donors (Lipinski definition) is 1. The van der Waals surface area contributed by atoms with Crippen molar-refractivity contribution in [2.75, 3.05) is 11.9 Å². The minimum absolute atomic E-state index is 0.0649. The van der Waals surface area contributed by atoms with Crippen LogP contribution in [0, 0.1) is 13.8 Å². The summed E-state index contributed by atoms with van der Waals surface area (Å²) >= 11 is 0. The molecule has 0 bridgehead atoms. The molecule has 0 spiro atoms. The number of anilines is 1. The molecular weight excluding hydrogens is 271 g/mol. The van der Waals surface area contributed by atoms with Crippen LogP contribution in [0.15, 0.2) is 12.1 Å². The number of halogens is 3. The van der Waals surface area contributed by atoms with Crippen LogP contribution in [0.2, 0.25) is 0 Å². The number of alkyl halides is 3. The summed E-state index contributed by atoms with van der Waals surface area (Å²) in [5.74, 6) is 0.0266. The Morgan fingerprint density at radius 3 is 2.40 bits per heavy atom. The average Bonchev–Trinajstić information content (AvgIpc) is 2.67. The monoisotopic (exact) mass is 285 g/mol. The first-order valence-corrected chi connectivity index (χ1v) is 6.05. The summed E-state index contributed by atoms with van der Waals surface area (Å²) < 4.78 is 40.0. The Bertz CT molecular complexity index is 618. The van der Waals surface area contributed by atoms with Crippen molar-refractivity contribution in [3.8, 4) is 5.82 Å². The van der Waals surface area contributed by atoms with Gasteiger partial charge in [-0.2, -0.15) is 23.3 Å². The Labute approximate surface area is 113 Å². The van der Waals surface area contributed by atoms with Crippen LogP contribution >= 0.6 is 0 Å². The van der Waals surface area contributed by atoms with Gasteiger partial charge >= 0.3 is 6.18 Å². The fourth-order valence-corrected chi connectivity index (χ4v) is 1.79. The van der Waals surface area contributed by atoms with Crippen LogP contribution in [-0.2, 0) is 6.18 Å². The third-order valence-corrected chi connectivity index (χ3v) is 2.56. The van der Waals surface area contributed by atoms with E-state index in [1.165, 1.54) is 4.68 Å². The van der Waals surface area contributed by atoms with Crippen LogP contribution < -0.4 is 5.32 Å². The maximum absolute atomic E-state index is 12.9. The number of nitrogens with one attached hydrogen (secondary N) is 1. The van der Waals surface area contributed by atoms with Crippen molar-refractivity contribution in [1.29, 1.82) is 0 Å². The van der Waals surface area contributed by atoms with Gasteiger partial charge in [0.2, 0.25) is 5.95 Å². The Morgan fingerprint density at radius 2 is 1.90 bits per heavy atom. The van der Waals surface area contributed by atoms with Crippen molar-refractivity contribution in [2.45, 2.75) is 26.9 Å². The second-order valence-corrected chi connectivity index (χ2v) is 4.30. The van der Waals surface area contributed by atoms with E-state index in [1.54, 1.807) is 26.8 Å². The molecule has 0 unspecified atom stereocenters. The van der Waals surface area contributed by atoms with Crippen LogP contribution in [-0.4, -0.2) is 26.3 Å². The van der Waals surface area contributed by atoms with Gasteiger partial charge in [-0.1, -0.05) is 0 Å². The highest BCUT2D eigenvalue weighted by Gasteiger charge is 2.34. The third-order valence-electron chi connectivity index (χ3n) is 2.56. The van der Waals surface area contributed by atoms with Gasteiger partial charge in [0.05, 0.1) is 5.69 Å². The molecule has 0 saturated carbocycles. The van der Waals surface area contributed by atoms with E-state index in [-0.39, 0.29) is 11.8 Å². The topological polar surface area (TPSA) is 55.6 Å². The second-order valence-electron chi connectivity index (χ2n) is 4.30. The Hall–Kier alpha value is -2.12. The lowest BCUT2D eigenvalue weighted by Gasteiger charge is -2.11. The van der Waals surface area contributed by atoms with Gasteiger partial charge < -0.3 is 5.32 Å². The molecule has 2 rings (SSSR count). The summed E-state index contributed by atoms with van der Waals surface area (Å²) in [5, 5.41) is 6.83. The first-order chi connectivity index (χ1) is 9.31. The summed E-state index contributed by atoms with van der Waals surface area (Å²) in [4.78, 5) is 7.53. The highest BCUT2D eigenvalue weighted by Crippen LogP contribution is 2.29. The number of hydrogen-bond acceptors (Lipinski definition) is 4. The van der Waals surface area contributed by atoms with Crippen LogP contribution in [0.3, 0.4) is 0 Å². The van der Waals surface area contributed by atoms with Gasteiger partial charge in [0, 0.05) is 18.3 Å². The fourth-order valence-electron chi connectivity index (χ4n) is 1.79. The van der Waals surface area contributed by atoms with E-state index in [9.17, 15) is 13.2 Å². The molecule has 0 radical (unpaired) electrons. The number of aromatic nitrogens is 4. The van der Waals surface area contributed by atoms with Crippen molar-refractivity contribution < 1.29 is 13.2 Å². The van der Waals surface area contributed by atoms with Crippen LogP contribution in [0.25, 0.3) is 5.82 Å². The maximum atomic E-state index is 12.9. The molecule has 0 saturated heterocycles. The van der Waals surface area contributed by atoms with Gasteiger partial charge in [-0.3, -0.25) is 0 Å². The number of rotatable bonds is 3. The van der Waals surface area contributed by atoms with Crippen molar-refractivity contribution in [1.82, 2.24) is 19.7 Å². The lowest BCUT2D eigenvalue weighted by atomic mass is 10.3. The van der Waals surface area contributed by atoms with E-state index in [0.29, 0.717) is 17.9 Å². The lowest BCUT2D eigenvalue weighted by molar-refractivity contribution is -0.141. The van der Waals surface area contributed by atoms with Crippen molar-refractivity contribution >= 4 is 5.95 Å². The van der Waals surface area contributed by atoms with Gasteiger partial charge in [-0.15, -0.1) is 0 Å². The molecule has 0 aliphatic heterocycles. The Kier molecular flexibility index (Phi) is 3.65. The highest BCUT2D eigenvalue weighted by atomic mass is 19.4. The molecule has 8 heteroatoms. The molecule has 0 aromatic carbocycles. The van der Waals surface area contributed by atoms with Crippen molar-refractivity contribution in [2.24, 2.45) is 0 Å². The highest BCUT2D eigenvalue weighted by molar-refractivity contribution is 5.37. The molecule has 1 N–H and O–H groups in total. The van der Waals surface area contributed by atoms with Crippen molar-refractivity contribution in [3.63, 3.8) is 0 Å². The summed E-state index contributed by atoms with van der Waals surface area (Å²) in [6.07, 6.45) is -4.53. The molecule has 2 heterocycles. The summed E-state index contributed by atoms with van der Waals surface area (Å²) in [6, 6.07) is 2.66. The zero-order chi connectivity index (χ0) is 14.9. The summed E-state index contributed by atoms with van der Waals surface area (Å²) in [6.45, 7) is 5.70. The Balaban J connectivity index is 2.57. The molecule has 2 aromatic heterocycles. The summed E-state index contributed by atoms with van der Waals surface area (Å²) in [5.41, 5.74) is 0.419. The van der Waals surface area contributed by atoms with Crippen LogP contribution in [0.4, 0.5) is 19.1 Å². The number of nitrogens with zero attached hydrogens (tertiary/aromatic N) is 4. The van der Waals surface area contributed by atoms with Crippen molar-refractivity contribution in [3.05, 3.63) is 29.2 Å². The Morgan fingerprint density at radius 1 is 1.20 bits per heavy atom. The van der Waals surface area contributed by atoms with Crippen LogP contribution in [0.1, 0.15) is 24.0 Å². The largest absolute Gasteiger partial charge is 0.433 e. The molecule has 2 aromatic rings. The molecule has 0 fully saturated rings. The molecule has 0 atom stereocenters. The van der Waals surface area contributed by atoms with Gasteiger partial charge in [0.25, 0.3) is 0 Å². The smallest absolute Gasteiger partial charge is 0.354 e. The molecule has 108 valence electrons. The van der Waals surface area contributed by atoms with E-state index >= 15 is 0 Å². The van der Waals surface area contributed by atoms with E-state index in [1.807, 2.05) is 0 Å². The predicted octanol–water partition coefficient (Wildman–Crippen LogP) is 2.73. The molecule has 0 aliphatic carbocycles. The molecular formula is C12H14F3N5. The predicted molar refractivity (Wildman–Crippen MR) is 67.8 cm³/mol. The van der Waals surface area contributed by atoms with Gasteiger partial charge in [0.1, 0.15) is 0 Å². The maximum Gasteiger partial charge on any atom is 0.433 e. The standard InChI is InChI=1S/C12H14F3N5/c1-4-16-11-17-9(12(13,14)15)6-10(18-11)20-8(3)5-7(2)19-20/h5-6H,4H2,1-3H3,(H,16,17,18). The minimum atomic E-state index is -4.53. The molecule has 0 amide bonds. The normalized spacial score (nSPS) is 11.7. The molecule has 20 heavy (non-hydrogen) atoms. The zero-order valence-electron chi connectivity index (χ0n) is 11.3. The van der Waals surface area contributed by atoms with Gasteiger partial charge in [0.15, 0.2) is 11.5 Å². The van der Waals surface area contributed by atoms with E-state index in [0.717, 1.165) is 6.07 Å². The first-order valence-electron chi connectivity index (χ1n) is 6.05. The van der Waals surface area contributed by atoms with E-state index in [2.05, 4.69) is 20.4 Å². The SMILES string of the molecule is CCNc1nc(-n2nc(C)cc2C)cc(C(F)(F)F)n1. The van der Waals surface area contributed by atoms with Gasteiger partial charge in [-0.25, -0.2) is 9.67 Å². The first kappa shape index (κ1) is 14.3. The van der Waals surface area contributed by atoms with E-state index < -0.39 is 11.9 Å². The second kappa shape index (κ2) is 5.10. The zero-order valence-corrected chi connectivity index (χ0v) is 11.3. The quantitative estimate of drug-likeness (QED) is 0.942.